The molecule has 5 nitrogen and oxygen atoms in total. The number of hydrogen-bond acceptors (Lipinski definition) is 4. The Hall–Kier alpha value is -1.36. The fraction of sp³-hybridized carbons (Fsp3) is 0.643. The van der Waals surface area contributed by atoms with Crippen LogP contribution in [0, 0.1) is 11.3 Å². The normalized spacial score (nSPS) is 17.9. The molecule has 3 heterocycles. The van der Waals surface area contributed by atoms with Crippen molar-refractivity contribution in [1.29, 1.82) is 0 Å². The maximum absolute atomic E-state index is 6.00. The van der Waals surface area contributed by atoms with E-state index in [4.69, 9.17) is 11.6 Å². The van der Waals surface area contributed by atoms with Gasteiger partial charge in [-0.1, -0.05) is 20.8 Å². The zero-order valence-electron chi connectivity index (χ0n) is 12.1. The zero-order valence-corrected chi connectivity index (χ0v) is 12.9. The minimum atomic E-state index is 0.262. The lowest BCUT2D eigenvalue weighted by Crippen LogP contribution is -2.38. The minimum absolute atomic E-state index is 0.262. The van der Waals surface area contributed by atoms with Crippen molar-refractivity contribution in [3.63, 3.8) is 0 Å². The van der Waals surface area contributed by atoms with Gasteiger partial charge in [-0.15, -0.1) is 0 Å². The van der Waals surface area contributed by atoms with E-state index in [1.165, 1.54) is 12.8 Å². The first-order valence-corrected chi connectivity index (χ1v) is 7.44. The Morgan fingerprint density at radius 3 is 2.60 bits per heavy atom. The van der Waals surface area contributed by atoms with Crippen LogP contribution in [-0.2, 0) is 0 Å². The molecule has 108 valence electrons. The number of aromatic amines is 1. The molecular formula is C14H20ClN5. The molecule has 0 bridgehead atoms. The van der Waals surface area contributed by atoms with Crippen LogP contribution in [0.4, 0.5) is 5.82 Å². The zero-order chi connectivity index (χ0) is 14.3. The molecule has 6 heteroatoms. The van der Waals surface area contributed by atoms with Gasteiger partial charge in [-0.05, 0) is 35.8 Å². The molecule has 1 N–H and O–H groups in total. The summed E-state index contributed by atoms with van der Waals surface area (Å²) in [5.41, 5.74) is 1.89. The fourth-order valence-corrected chi connectivity index (χ4v) is 3.14. The molecule has 1 fully saturated rings. The molecule has 3 rings (SSSR count). The Morgan fingerprint density at radius 1 is 1.25 bits per heavy atom. The van der Waals surface area contributed by atoms with Crippen LogP contribution in [0.5, 0.6) is 0 Å². The van der Waals surface area contributed by atoms with E-state index in [0.29, 0.717) is 11.1 Å². The highest BCUT2D eigenvalue weighted by Crippen LogP contribution is 2.36. The molecule has 0 radical (unpaired) electrons. The van der Waals surface area contributed by atoms with E-state index in [1.54, 1.807) is 6.33 Å². The van der Waals surface area contributed by atoms with Crippen LogP contribution in [0.25, 0.3) is 11.2 Å². The second-order valence-corrected chi connectivity index (χ2v) is 6.88. The maximum Gasteiger partial charge on any atom is 0.226 e. The molecule has 20 heavy (non-hydrogen) atoms. The Morgan fingerprint density at radius 2 is 1.95 bits per heavy atom. The first-order valence-electron chi connectivity index (χ1n) is 7.07. The van der Waals surface area contributed by atoms with Crippen molar-refractivity contribution >= 4 is 28.6 Å². The smallest absolute Gasteiger partial charge is 0.226 e. The third-order valence-electron chi connectivity index (χ3n) is 4.26. The molecule has 1 aliphatic rings. The van der Waals surface area contributed by atoms with E-state index in [1.807, 2.05) is 0 Å². The highest BCUT2D eigenvalue weighted by molar-refractivity contribution is 6.28. The number of H-pyrrole nitrogens is 1. The monoisotopic (exact) mass is 293 g/mol. The lowest BCUT2D eigenvalue weighted by atomic mass is 9.75. The second kappa shape index (κ2) is 4.88. The molecule has 2 aromatic rings. The van der Waals surface area contributed by atoms with Gasteiger partial charge in [-0.25, -0.2) is 4.98 Å². The number of piperidine rings is 1. The van der Waals surface area contributed by atoms with E-state index in [0.717, 1.165) is 30.3 Å². The SMILES string of the molecule is CC(C)(C)C1CCN(c2nc(Cl)nc3nc[nH]c23)CC1. The quantitative estimate of drug-likeness (QED) is 0.820. The average molecular weight is 294 g/mol. The number of hydrogen-bond donors (Lipinski definition) is 1. The third kappa shape index (κ3) is 2.46. The topological polar surface area (TPSA) is 57.7 Å². The van der Waals surface area contributed by atoms with E-state index < -0.39 is 0 Å². The first kappa shape index (κ1) is 13.6. The van der Waals surface area contributed by atoms with Crippen LogP contribution in [0.2, 0.25) is 5.28 Å². The van der Waals surface area contributed by atoms with Gasteiger partial charge in [-0.2, -0.15) is 9.97 Å². The lowest BCUT2D eigenvalue weighted by molar-refractivity contribution is 0.199. The van der Waals surface area contributed by atoms with E-state index in [9.17, 15) is 0 Å². The molecule has 0 aromatic carbocycles. The van der Waals surface area contributed by atoms with Gasteiger partial charge >= 0.3 is 0 Å². The van der Waals surface area contributed by atoms with Gasteiger partial charge in [0.25, 0.3) is 0 Å². The van der Waals surface area contributed by atoms with Crippen molar-refractivity contribution < 1.29 is 0 Å². The Balaban J connectivity index is 1.85. The van der Waals surface area contributed by atoms with E-state index >= 15 is 0 Å². The standard InChI is InChI=1S/C14H20ClN5/c1-14(2,3)9-4-6-20(7-5-9)12-10-11(17-8-16-10)18-13(15)19-12/h8-9H,4-7H2,1-3H3,(H,16,17,18,19). The van der Waals surface area contributed by atoms with Crippen LogP contribution in [-0.4, -0.2) is 33.0 Å². The number of rotatable bonds is 1. The van der Waals surface area contributed by atoms with Crippen molar-refractivity contribution in [2.75, 3.05) is 18.0 Å². The molecule has 1 saturated heterocycles. The highest BCUT2D eigenvalue weighted by Gasteiger charge is 2.30. The lowest BCUT2D eigenvalue weighted by Gasteiger charge is -2.39. The minimum Gasteiger partial charge on any atom is -0.355 e. The van der Waals surface area contributed by atoms with Crippen LogP contribution >= 0.6 is 11.6 Å². The van der Waals surface area contributed by atoms with Crippen molar-refractivity contribution in [2.24, 2.45) is 11.3 Å². The summed E-state index contributed by atoms with van der Waals surface area (Å²) < 4.78 is 0. The largest absolute Gasteiger partial charge is 0.355 e. The Kier molecular flexibility index (Phi) is 3.32. The number of aromatic nitrogens is 4. The van der Waals surface area contributed by atoms with Crippen LogP contribution in [0.15, 0.2) is 6.33 Å². The van der Waals surface area contributed by atoms with Crippen LogP contribution in [0.3, 0.4) is 0 Å². The first-order chi connectivity index (χ1) is 9.45. The summed E-state index contributed by atoms with van der Waals surface area (Å²) in [6.45, 7) is 8.97. The summed E-state index contributed by atoms with van der Waals surface area (Å²) in [5.74, 6) is 1.64. The van der Waals surface area contributed by atoms with Gasteiger partial charge in [-0.3, -0.25) is 0 Å². The van der Waals surface area contributed by atoms with Gasteiger partial charge in [0, 0.05) is 13.1 Å². The van der Waals surface area contributed by atoms with Gasteiger partial charge < -0.3 is 9.88 Å². The molecule has 0 amide bonds. The summed E-state index contributed by atoms with van der Waals surface area (Å²) in [6.07, 6.45) is 4.00. The molecule has 1 aliphatic heterocycles. The average Bonchev–Trinajstić information content (AvgIpc) is 2.85. The van der Waals surface area contributed by atoms with Crippen LogP contribution in [0.1, 0.15) is 33.6 Å². The van der Waals surface area contributed by atoms with Gasteiger partial charge in [0.05, 0.1) is 6.33 Å². The molecular weight excluding hydrogens is 274 g/mol. The molecule has 0 atom stereocenters. The van der Waals surface area contributed by atoms with Crippen molar-refractivity contribution in [2.45, 2.75) is 33.6 Å². The molecule has 0 saturated carbocycles. The van der Waals surface area contributed by atoms with Gasteiger partial charge in [0.2, 0.25) is 5.28 Å². The number of nitrogens with zero attached hydrogens (tertiary/aromatic N) is 4. The molecule has 0 aliphatic carbocycles. The molecule has 0 unspecified atom stereocenters. The summed E-state index contributed by atoms with van der Waals surface area (Å²) in [6, 6.07) is 0. The van der Waals surface area contributed by atoms with E-state index in [-0.39, 0.29) is 5.28 Å². The van der Waals surface area contributed by atoms with Gasteiger partial charge in [0.1, 0.15) is 5.52 Å². The Bertz CT molecular complexity index is 608. The summed E-state index contributed by atoms with van der Waals surface area (Å²) in [4.78, 5) is 18.1. The summed E-state index contributed by atoms with van der Waals surface area (Å²) >= 11 is 6.00. The summed E-state index contributed by atoms with van der Waals surface area (Å²) in [7, 11) is 0. The predicted octanol–water partition coefficient (Wildman–Crippen LogP) is 3.27. The fourth-order valence-electron chi connectivity index (χ4n) is 2.98. The number of imidazole rings is 1. The number of anilines is 1. The van der Waals surface area contributed by atoms with Crippen molar-refractivity contribution in [1.82, 2.24) is 19.9 Å². The van der Waals surface area contributed by atoms with Gasteiger partial charge in [0.15, 0.2) is 11.5 Å². The number of fused-ring (bicyclic) bond motifs is 1. The molecule has 0 spiro atoms. The maximum atomic E-state index is 6.00. The Labute approximate surface area is 123 Å². The predicted molar refractivity (Wildman–Crippen MR) is 81.1 cm³/mol. The van der Waals surface area contributed by atoms with Crippen molar-refractivity contribution in [3.05, 3.63) is 11.6 Å². The highest BCUT2D eigenvalue weighted by atomic mass is 35.5. The van der Waals surface area contributed by atoms with E-state index in [2.05, 4.69) is 45.6 Å². The number of halogens is 1. The van der Waals surface area contributed by atoms with Crippen molar-refractivity contribution in [3.8, 4) is 0 Å². The second-order valence-electron chi connectivity index (χ2n) is 6.54. The summed E-state index contributed by atoms with van der Waals surface area (Å²) in [5, 5.41) is 0.262. The number of nitrogens with one attached hydrogen (secondary N) is 1. The third-order valence-corrected chi connectivity index (χ3v) is 4.43. The van der Waals surface area contributed by atoms with Crippen LogP contribution < -0.4 is 4.90 Å². The molecule has 2 aromatic heterocycles.